The lowest BCUT2D eigenvalue weighted by Gasteiger charge is -2.44. The highest BCUT2D eigenvalue weighted by Gasteiger charge is 2.47. The third-order valence-electron chi connectivity index (χ3n) is 14.1. The molecule has 0 atom stereocenters. The van der Waals surface area contributed by atoms with Crippen molar-refractivity contribution < 1.29 is 0 Å². The van der Waals surface area contributed by atoms with Crippen LogP contribution < -0.4 is 25.5 Å². The lowest BCUT2D eigenvalue weighted by Crippen LogP contribution is -2.60. The van der Waals surface area contributed by atoms with E-state index in [4.69, 9.17) is 0 Å². The van der Waals surface area contributed by atoms with E-state index in [0.717, 1.165) is 12.8 Å². The minimum absolute atomic E-state index is 0.00788. The van der Waals surface area contributed by atoms with Gasteiger partial charge in [-0.15, -0.1) is 11.3 Å². The molecule has 4 aliphatic rings. The van der Waals surface area contributed by atoms with Crippen LogP contribution in [0.5, 0.6) is 0 Å². The predicted molar refractivity (Wildman–Crippen MR) is 260 cm³/mol. The summed E-state index contributed by atoms with van der Waals surface area (Å²) in [5, 5.41) is 1.39. The fourth-order valence-corrected chi connectivity index (χ4v) is 11.8. The Morgan fingerprint density at radius 2 is 1.32 bits per heavy atom. The third kappa shape index (κ3) is 6.10. The molecule has 0 saturated heterocycles. The van der Waals surface area contributed by atoms with Crippen molar-refractivity contribution in [1.82, 2.24) is 0 Å². The van der Waals surface area contributed by atoms with Gasteiger partial charge in [-0.25, -0.2) is 0 Å². The number of benzene rings is 5. The van der Waals surface area contributed by atoms with E-state index in [0.29, 0.717) is 0 Å². The first-order valence-electron chi connectivity index (χ1n) is 22.0. The smallest absolute Gasteiger partial charge is 0.264 e. The number of hydrogen-bond acceptors (Lipinski definition) is 3. The minimum Gasteiger partial charge on any atom is -0.311 e. The Morgan fingerprint density at radius 3 is 1.98 bits per heavy atom. The Morgan fingerprint density at radius 1 is 0.661 bits per heavy atom. The zero-order chi connectivity index (χ0) is 41.4. The van der Waals surface area contributed by atoms with Gasteiger partial charge in [0.15, 0.2) is 0 Å². The van der Waals surface area contributed by atoms with E-state index >= 15 is 0 Å². The van der Waals surface area contributed by atoms with Gasteiger partial charge in [0.05, 0.1) is 5.69 Å². The molecule has 0 spiro atoms. The summed E-state index contributed by atoms with van der Waals surface area (Å²) >= 11 is 2.05. The van der Waals surface area contributed by atoms with Crippen LogP contribution in [0.2, 0.25) is 0 Å². The monoisotopic (exact) mass is 790 g/mol. The highest BCUT2D eigenvalue weighted by molar-refractivity contribution is 7.33. The van der Waals surface area contributed by atoms with Gasteiger partial charge in [0.2, 0.25) is 0 Å². The number of aryl methyl sites for hydroxylation is 1. The number of hydrogen-bond donors (Lipinski definition) is 0. The lowest BCUT2D eigenvalue weighted by atomic mass is 9.36. The molecule has 2 aliphatic carbocycles. The first-order valence-corrected chi connectivity index (χ1v) is 22.8. The van der Waals surface area contributed by atoms with E-state index in [1.807, 2.05) is 11.3 Å². The SMILES string of the molecule is Cc1cc2c3c(c1)N(c1cccc(C4=CC=CCC4)c1)c1c(sc4cc5c(cc14)C(C)(C)CCC5(C)C)B3c1cc(C(C)(C)C)ccc1N2c1ccc(C(C)(C)C)cc1. The second-order valence-electron chi connectivity index (χ2n) is 21.3. The van der Waals surface area contributed by atoms with Crippen LogP contribution in [0.1, 0.15) is 128 Å². The molecule has 1 aromatic heterocycles. The quantitative estimate of drug-likeness (QED) is 0.165. The van der Waals surface area contributed by atoms with Crippen LogP contribution in [0, 0.1) is 6.92 Å². The standard InChI is InChI=1S/C55H59BN2S/c1-34-28-46-49-47(29-34)58(40-19-15-18-36(30-40)35-16-13-12-14-17-35)50-41-32-42-43(55(10,11)27-26-54(42,8)9)33-48(41)59-51(50)56(49)44-31-38(53(5,6)7)22-25-45(44)57(46)39-23-20-37(21-24-39)52(2,3)4/h12-13,15-16,18-25,28-33H,14,17,26-27H2,1-11H3. The van der Waals surface area contributed by atoms with E-state index < -0.39 is 0 Å². The molecule has 298 valence electrons. The summed E-state index contributed by atoms with van der Waals surface area (Å²) in [4.78, 5) is 5.25. The largest absolute Gasteiger partial charge is 0.311 e. The topological polar surface area (TPSA) is 6.48 Å². The summed E-state index contributed by atoms with van der Waals surface area (Å²) in [6, 6.07) is 36.4. The predicted octanol–water partition coefficient (Wildman–Crippen LogP) is 14.0. The molecule has 2 aliphatic heterocycles. The Hall–Kier alpha value is -4.80. The average Bonchev–Trinajstić information content (AvgIpc) is 3.57. The Kier molecular flexibility index (Phi) is 8.53. The van der Waals surface area contributed by atoms with Gasteiger partial charge in [0, 0.05) is 43.3 Å². The van der Waals surface area contributed by atoms with Crippen LogP contribution in [0.3, 0.4) is 0 Å². The molecule has 0 radical (unpaired) electrons. The van der Waals surface area contributed by atoms with E-state index in [1.54, 1.807) is 0 Å². The zero-order valence-corrected chi connectivity index (χ0v) is 37.9. The number of nitrogens with zero attached hydrogens (tertiary/aromatic N) is 2. The molecule has 10 rings (SSSR count). The number of allylic oxidation sites excluding steroid dienone is 4. The summed E-state index contributed by atoms with van der Waals surface area (Å²) in [7, 11) is 0. The number of fused-ring (bicyclic) bond motifs is 7. The van der Waals surface area contributed by atoms with Gasteiger partial charge in [-0.2, -0.15) is 0 Å². The summed E-state index contributed by atoms with van der Waals surface area (Å²) in [6.45, 7) is 26.2. The van der Waals surface area contributed by atoms with Crippen LogP contribution in [-0.2, 0) is 21.7 Å². The molecule has 0 saturated carbocycles. The van der Waals surface area contributed by atoms with Crippen LogP contribution in [-0.4, -0.2) is 6.71 Å². The lowest BCUT2D eigenvalue weighted by molar-refractivity contribution is 0.332. The molecule has 2 nitrogen and oxygen atoms in total. The maximum atomic E-state index is 2.67. The summed E-state index contributed by atoms with van der Waals surface area (Å²) < 4.78 is 2.86. The molecule has 6 aromatic rings. The fourth-order valence-electron chi connectivity index (χ4n) is 10.5. The Bertz CT molecular complexity index is 2760. The summed E-state index contributed by atoms with van der Waals surface area (Å²) in [5.74, 6) is 0. The van der Waals surface area contributed by atoms with Crippen LogP contribution in [0.25, 0.3) is 15.7 Å². The summed E-state index contributed by atoms with van der Waals surface area (Å²) in [5.41, 5.74) is 20.6. The Labute approximate surface area is 357 Å². The van der Waals surface area contributed by atoms with Crippen molar-refractivity contribution in [2.45, 2.75) is 124 Å². The molecular weight excluding hydrogens is 731 g/mol. The van der Waals surface area contributed by atoms with Gasteiger partial charge in [-0.3, -0.25) is 0 Å². The van der Waals surface area contributed by atoms with E-state index in [1.165, 1.54) is 112 Å². The second-order valence-corrected chi connectivity index (χ2v) is 22.4. The van der Waals surface area contributed by atoms with Crippen LogP contribution in [0.4, 0.5) is 34.1 Å². The van der Waals surface area contributed by atoms with Crippen molar-refractivity contribution in [2.75, 3.05) is 9.80 Å². The van der Waals surface area contributed by atoms with E-state index in [-0.39, 0.29) is 28.4 Å². The first-order chi connectivity index (χ1) is 27.9. The fraction of sp³-hybridized carbons (Fsp3) is 0.345. The molecular formula is C55H59BN2S. The van der Waals surface area contributed by atoms with Gasteiger partial charge in [0.1, 0.15) is 0 Å². The van der Waals surface area contributed by atoms with E-state index in [2.05, 4.69) is 195 Å². The highest BCUT2D eigenvalue weighted by atomic mass is 32.1. The van der Waals surface area contributed by atoms with E-state index in [9.17, 15) is 0 Å². The van der Waals surface area contributed by atoms with Crippen molar-refractivity contribution in [2.24, 2.45) is 0 Å². The molecule has 3 heterocycles. The molecule has 5 aromatic carbocycles. The highest BCUT2D eigenvalue weighted by Crippen LogP contribution is 2.53. The molecule has 0 N–H and O–H groups in total. The van der Waals surface area contributed by atoms with Crippen molar-refractivity contribution in [3.63, 3.8) is 0 Å². The second kappa shape index (κ2) is 13.1. The molecule has 4 heteroatoms. The number of thiophene rings is 1. The molecule has 0 unspecified atom stereocenters. The molecule has 0 amide bonds. The van der Waals surface area contributed by atoms with Crippen LogP contribution in [0.15, 0.2) is 109 Å². The molecule has 0 fully saturated rings. The maximum Gasteiger partial charge on any atom is 0.264 e. The molecule has 0 bridgehead atoms. The van der Waals surface area contributed by atoms with Gasteiger partial charge >= 0.3 is 0 Å². The van der Waals surface area contributed by atoms with Gasteiger partial charge in [0.25, 0.3) is 6.71 Å². The Balaban J connectivity index is 1.31. The van der Waals surface area contributed by atoms with Crippen molar-refractivity contribution in [1.29, 1.82) is 0 Å². The van der Waals surface area contributed by atoms with Crippen molar-refractivity contribution in [3.8, 4) is 0 Å². The van der Waals surface area contributed by atoms with Crippen LogP contribution >= 0.6 is 11.3 Å². The number of anilines is 6. The number of rotatable bonds is 3. The minimum atomic E-state index is 0.00788. The normalized spacial score (nSPS) is 17.7. The summed E-state index contributed by atoms with van der Waals surface area (Å²) in [6.07, 6.45) is 11.4. The van der Waals surface area contributed by atoms with Crippen molar-refractivity contribution >= 4 is 83.5 Å². The third-order valence-corrected chi connectivity index (χ3v) is 15.3. The average molecular weight is 791 g/mol. The maximum absolute atomic E-state index is 2.67. The van der Waals surface area contributed by atoms with Gasteiger partial charge < -0.3 is 9.80 Å². The van der Waals surface area contributed by atoms with Gasteiger partial charge in [-0.1, -0.05) is 124 Å². The van der Waals surface area contributed by atoms with Gasteiger partial charge in [-0.05, 0) is 159 Å². The zero-order valence-electron chi connectivity index (χ0n) is 37.1. The molecule has 59 heavy (non-hydrogen) atoms. The first kappa shape index (κ1) is 38.4. The van der Waals surface area contributed by atoms with Crippen molar-refractivity contribution in [3.05, 3.63) is 143 Å².